The highest BCUT2D eigenvalue weighted by Crippen LogP contribution is 2.13. The fourth-order valence-corrected chi connectivity index (χ4v) is 1.37. The van der Waals surface area contributed by atoms with Crippen LogP contribution < -0.4 is 11.1 Å². The van der Waals surface area contributed by atoms with Crippen molar-refractivity contribution in [2.24, 2.45) is 0 Å². The average Bonchev–Trinajstić information content (AvgIpc) is 2.59. The molecule has 1 aromatic heterocycles. The van der Waals surface area contributed by atoms with Crippen LogP contribution in [0, 0.1) is 0 Å². The maximum atomic E-state index is 11.6. The van der Waals surface area contributed by atoms with E-state index in [1.807, 2.05) is 0 Å². The van der Waals surface area contributed by atoms with Gasteiger partial charge in [-0.1, -0.05) is 0 Å². The number of rotatable bonds is 5. The molecule has 0 aliphatic heterocycles. The topological polar surface area (TPSA) is 120 Å². The molecular formula is C9H17N5O3S. The second-order valence-electron chi connectivity index (χ2n) is 4.61. The van der Waals surface area contributed by atoms with Gasteiger partial charge in [0.15, 0.2) is 9.84 Å². The largest absolute Gasteiger partial charge is 0.367 e. The molecule has 0 spiro atoms. The van der Waals surface area contributed by atoms with Gasteiger partial charge in [0.2, 0.25) is 11.9 Å². The van der Waals surface area contributed by atoms with Gasteiger partial charge in [-0.2, -0.15) is 0 Å². The van der Waals surface area contributed by atoms with Crippen molar-refractivity contribution in [1.82, 2.24) is 20.1 Å². The summed E-state index contributed by atoms with van der Waals surface area (Å²) in [5.41, 5.74) is 5.30. The smallest absolute Gasteiger partial charge is 0.241 e. The Morgan fingerprint density at radius 2 is 2.17 bits per heavy atom. The van der Waals surface area contributed by atoms with Crippen LogP contribution >= 0.6 is 0 Å². The zero-order chi connectivity index (χ0) is 14.0. The number of aromatic nitrogens is 3. The van der Waals surface area contributed by atoms with Crippen LogP contribution in [-0.4, -0.2) is 46.6 Å². The molecule has 0 bridgehead atoms. The van der Waals surface area contributed by atoms with Gasteiger partial charge in [0.05, 0.1) is 4.75 Å². The predicted molar refractivity (Wildman–Crippen MR) is 66.4 cm³/mol. The van der Waals surface area contributed by atoms with E-state index >= 15 is 0 Å². The third-order valence-corrected chi connectivity index (χ3v) is 4.73. The first-order chi connectivity index (χ1) is 8.12. The molecule has 1 amide bonds. The van der Waals surface area contributed by atoms with Crippen molar-refractivity contribution < 1.29 is 13.2 Å². The standard InChI is InChI=1S/C9H17N5O3S/c1-9(2,18(3,16)17)5-11-7(15)4-14-6-12-8(10)13-14/h6H,4-5H2,1-3H3,(H2,10,13)(H,11,15). The van der Waals surface area contributed by atoms with E-state index in [0.717, 1.165) is 6.26 Å². The molecule has 3 N–H and O–H groups in total. The summed E-state index contributed by atoms with van der Waals surface area (Å²) in [6.45, 7) is 3.09. The Labute approximate surface area is 105 Å². The van der Waals surface area contributed by atoms with Crippen LogP contribution in [0.15, 0.2) is 6.33 Å². The maximum Gasteiger partial charge on any atom is 0.241 e. The molecule has 18 heavy (non-hydrogen) atoms. The van der Waals surface area contributed by atoms with Crippen LogP contribution in [0.1, 0.15) is 13.8 Å². The highest BCUT2D eigenvalue weighted by molar-refractivity contribution is 7.92. The molecule has 8 nitrogen and oxygen atoms in total. The van der Waals surface area contributed by atoms with Gasteiger partial charge in [0.1, 0.15) is 12.9 Å². The van der Waals surface area contributed by atoms with Crippen molar-refractivity contribution in [1.29, 1.82) is 0 Å². The molecule has 0 saturated carbocycles. The lowest BCUT2D eigenvalue weighted by atomic mass is 10.2. The fourth-order valence-electron chi connectivity index (χ4n) is 1.03. The average molecular weight is 275 g/mol. The van der Waals surface area contributed by atoms with Crippen LogP contribution in [0.5, 0.6) is 0 Å². The first-order valence-electron chi connectivity index (χ1n) is 5.23. The Hall–Kier alpha value is -1.64. The lowest BCUT2D eigenvalue weighted by Crippen LogP contribution is -2.44. The monoisotopic (exact) mass is 275 g/mol. The van der Waals surface area contributed by atoms with Gasteiger partial charge in [-0.15, -0.1) is 5.10 Å². The summed E-state index contributed by atoms with van der Waals surface area (Å²) in [6.07, 6.45) is 2.47. The number of amides is 1. The zero-order valence-corrected chi connectivity index (χ0v) is 11.4. The van der Waals surface area contributed by atoms with Crippen molar-refractivity contribution in [2.45, 2.75) is 25.1 Å². The van der Waals surface area contributed by atoms with Gasteiger partial charge in [0, 0.05) is 12.8 Å². The number of nitrogens with zero attached hydrogens (tertiary/aromatic N) is 3. The molecular weight excluding hydrogens is 258 g/mol. The Balaban J connectivity index is 2.52. The Bertz CT molecular complexity index is 534. The predicted octanol–water partition coefficient (Wildman–Crippen LogP) is -1.20. The second-order valence-corrected chi connectivity index (χ2v) is 7.26. The number of carbonyl (C=O) groups excluding carboxylic acids is 1. The van der Waals surface area contributed by atoms with E-state index in [1.54, 1.807) is 13.8 Å². The number of hydrogen-bond acceptors (Lipinski definition) is 6. The number of nitrogen functional groups attached to an aromatic ring is 1. The molecule has 0 aromatic carbocycles. The molecule has 1 heterocycles. The number of nitrogens with two attached hydrogens (primary N) is 1. The van der Waals surface area contributed by atoms with Crippen molar-refractivity contribution in [3.8, 4) is 0 Å². The lowest BCUT2D eigenvalue weighted by molar-refractivity contribution is -0.121. The lowest BCUT2D eigenvalue weighted by Gasteiger charge is -2.22. The van der Waals surface area contributed by atoms with Crippen molar-refractivity contribution in [2.75, 3.05) is 18.5 Å². The van der Waals surface area contributed by atoms with Gasteiger partial charge < -0.3 is 11.1 Å². The summed E-state index contributed by atoms with van der Waals surface area (Å²) in [4.78, 5) is 15.2. The molecule has 1 rings (SSSR count). The van der Waals surface area contributed by atoms with E-state index < -0.39 is 14.6 Å². The molecule has 0 saturated heterocycles. The number of carbonyl (C=O) groups is 1. The number of nitrogens with one attached hydrogen (secondary N) is 1. The molecule has 0 radical (unpaired) electrons. The molecule has 102 valence electrons. The molecule has 0 unspecified atom stereocenters. The van der Waals surface area contributed by atoms with E-state index in [4.69, 9.17) is 5.73 Å². The van der Waals surface area contributed by atoms with Crippen molar-refractivity contribution in [3.05, 3.63) is 6.33 Å². The van der Waals surface area contributed by atoms with Crippen LogP contribution in [0.25, 0.3) is 0 Å². The number of anilines is 1. The Morgan fingerprint density at radius 3 is 2.61 bits per heavy atom. The second kappa shape index (κ2) is 4.92. The van der Waals surface area contributed by atoms with E-state index in [2.05, 4.69) is 15.4 Å². The van der Waals surface area contributed by atoms with Gasteiger partial charge in [-0.05, 0) is 13.8 Å². The van der Waals surface area contributed by atoms with E-state index in [0.29, 0.717) is 0 Å². The third-order valence-electron chi connectivity index (χ3n) is 2.57. The van der Waals surface area contributed by atoms with Crippen LogP contribution in [-0.2, 0) is 21.2 Å². The van der Waals surface area contributed by atoms with Gasteiger partial charge in [0.25, 0.3) is 0 Å². The van der Waals surface area contributed by atoms with Gasteiger partial charge >= 0.3 is 0 Å². The maximum absolute atomic E-state index is 11.6. The molecule has 0 atom stereocenters. The summed E-state index contributed by atoms with van der Waals surface area (Å²) in [6, 6.07) is 0. The highest BCUT2D eigenvalue weighted by atomic mass is 32.2. The SMILES string of the molecule is CC(C)(CNC(=O)Cn1cnc(N)n1)S(C)(=O)=O. The van der Waals surface area contributed by atoms with E-state index in [9.17, 15) is 13.2 Å². The van der Waals surface area contributed by atoms with Crippen molar-refractivity contribution >= 4 is 21.7 Å². The van der Waals surface area contributed by atoms with E-state index in [1.165, 1.54) is 11.0 Å². The van der Waals surface area contributed by atoms with Crippen LogP contribution in [0.3, 0.4) is 0 Å². The molecule has 0 aliphatic carbocycles. The minimum Gasteiger partial charge on any atom is -0.367 e. The fraction of sp³-hybridized carbons (Fsp3) is 0.667. The summed E-state index contributed by atoms with van der Waals surface area (Å²) in [5.74, 6) is -0.268. The zero-order valence-electron chi connectivity index (χ0n) is 10.5. The Kier molecular flexibility index (Phi) is 3.95. The number of sulfone groups is 1. The molecule has 1 aromatic rings. The highest BCUT2D eigenvalue weighted by Gasteiger charge is 2.30. The molecule has 0 fully saturated rings. The van der Waals surface area contributed by atoms with Gasteiger partial charge in [-0.3, -0.25) is 4.79 Å². The van der Waals surface area contributed by atoms with Gasteiger partial charge in [-0.25, -0.2) is 18.1 Å². The quantitative estimate of drug-likeness (QED) is 0.696. The minimum absolute atomic E-state index is 0.0366. The van der Waals surface area contributed by atoms with Crippen LogP contribution in [0.4, 0.5) is 5.95 Å². The first kappa shape index (κ1) is 14.4. The van der Waals surface area contributed by atoms with Crippen LogP contribution in [0.2, 0.25) is 0 Å². The minimum atomic E-state index is -3.24. The van der Waals surface area contributed by atoms with E-state index in [-0.39, 0.29) is 24.9 Å². The normalized spacial score (nSPS) is 12.4. The third kappa shape index (κ3) is 3.69. The molecule has 9 heteroatoms. The summed E-state index contributed by atoms with van der Waals surface area (Å²) in [5, 5.41) is 6.29. The summed E-state index contributed by atoms with van der Waals surface area (Å²) < 4.78 is 23.1. The summed E-state index contributed by atoms with van der Waals surface area (Å²) >= 11 is 0. The Morgan fingerprint density at radius 1 is 1.56 bits per heavy atom. The number of hydrogen-bond donors (Lipinski definition) is 2. The molecule has 0 aliphatic rings. The summed E-state index contributed by atoms with van der Waals surface area (Å²) in [7, 11) is -3.24. The first-order valence-corrected chi connectivity index (χ1v) is 7.12. The van der Waals surface area contributed by atoms with Crippen molar-refractivity contribution in [3.63, 3.8) is 0 Å².